The summed E-state index contributed by atoms with van der Waals surface area (Å²) in [6.45, 7) is 1.60. The van der Waals surface area contributed by atoms with E-state index in [4.69, 9.17) is 0 Å². The molecule has 0 amide bonds. The van der Waals surface area contributed by atoms with Crippen LogP contribution >= 0.6 is 31.9 Å². The van der Waals surface area contributed by atoms with Crippen LogP contribution in [0, 0.1) is 0 Å². The molecule has 96 valence electrons. The molecule has 1 aromatic rings. The minimum absolute atomic E-state index is 0.0568. The normalized spacial score (nSPS) is 14.0. The first-order chi connectivity index (χ1) is 7.75. The van der Waals surface area contributed by atoms with Gasteiger partial charge in [-0.3, -0.25) is 0 Å². The molecular weight excluding hydrogens is 374 g/mol. The standard InChI is InChI=1S/C10H13Br2NO3S/c1-7(14)6-13(2)17(15,16)10-5-8(11)3-4-9(10)12/h3-5,7,14H,6H2,1-2H3/t7-/m0/s1. The van der Waals surface area contributed by atoms with Gasteiger partial charge in [0.05, 0.1) is 11.0 Å². The number of halogens is 2. The van der Waals surface area contributed by atoms with Crippen molar-refractivity contribution >= 4 is 41.9 Å². The molecule has 17 heavy (non-hydrogen) atoms. The summed E-state index contributed by atoms with van der Waals surface area (Å²) < 4.78 is 26.7. The van der Waals surface area contributed by atoms with E-state index in [9.17, 15) is 13.5 Å². The number of aliphatic hydroxyl groups excluding tert-OH is 1. The van der Waals surface area contributed by atoms with Crippen LogP contribution in [0.25, 0.3) is 0 Å². The van der Waals surface area contributed by atoms with E-state index in [0.29, 0.717) is 8.95 Å². The van der Waals surface area contributed by atoms with Crippen molar-refractivity contribution in [3.05, 3.63) is 27.1 Å². The molecule has 4 nitrogen and oxygen atoms in total. The Kier molecular flexibility index (Phi) is 5.15. The second-order valence-electron chi connectivity index (χ2n) is 3.71. The van der Waals surface area contributed by atoms with Gasteiger partial charge in [-0.1, -0.05) is 15.9 Å². The molecule has 0 saturated heterocycles. The lowest BCUT2D eigenvalue weighted by atomic mass is 10.4. The largest absolute Gasteiger partial charge is 0.392 e. The van der Waals surface area contributed by atoms with Crippen LogP contribution in [-0.4, -0.2) is 37.5 Å². The Bertz CT molecular complexity index is 502. The van der Waals surface area contributed by atoms with Crippen molar-refractivity contribution < 1.29 is 13.5 Å². The van der Waals surface area contributed by atoms with Crippen molar-refractivity contribution in [3.8, 4) is 0 Å². The first-order valence-electron chi connectivity index (χ1n) is 4.84. The number of hydrogen-bond acceptors (Lipinski definition) is 3. The van der Waals surface area contributed by atoms with Crippen LogP contribution < -0.4 is 0 Å². The van der Waals surface area contributed by atoms with Crippen LogP contribution in [0.15, 0.2) is 32.0 Å². The van der Waals surface area contributed by atoms with Gasteiger partial charge in [0.15, 0.2) is 0 Å². The van der Waals surface area contributed by atoms with Crippen LogP contribution in [0.4, 0.5) is 0 Å². The molecule has 0 aliphatic carbocycles. The van der Waals surface area contributed by atoms with E-state index >= 15 is 0 Å². The van der Waals surface area contributed by atoms with E-state index in [1.165, 1.54) is 13.1 Å². The third kappa shape index (κ3) is 3.75. The Morgan fingerprint density at radius 1 is 1.41 bits per heavy atom. The molecule has 0 aromatic heterocycles. The molecule has 1 aromatic carbocycles. The summed E-state index contributed by atoms with van der Waals surface area (Å²) in [5.74, 6) is 0. The average molecular weight is 387 g/mol. The van der Waals surface area contributed by atoms with Gasteiger partial charge in [-0.15, -0.1) is 0 Å². The highest BCUT2D eigenvalue weighted by Crippen LogP contribution is 2.27. The highest BCUT2D eigenvalue weighted by molar-refractivity contribution is 9.11. The fourth-order valence-corrected chi connectivity index (χ4v) is 4.02. The van der Waals surface area contributed by atoms with E-state index in [1.54, 1.807) is 19.1 Å². The molecule has 1 N–H and O–H groups in total. The summed E-state index contributed by atoms with van der Waals surface area (Å²) in [5, 5.41) is 9.23. The molecule has 0 aliphatic heterocycles. The van der Waals surface area contributed by atoms with Crippen molar-refractivity contribution in [2.45, 2.75) is 17.9 Å². The van der Waals surface area contributed by atoms with Crippen molar-refractivity contribution in [1.29, 1.82) is 0 Å². The second kappa shape index (κ2) is 5.79. The van der Waals surface area contributed by atoms with Gasteiger partial charge in [0.2, 0.25) is 10.0 Å². The monoisotopic (exact) mass is 385 g/mol. The highest BCUT2D eigenvalue weighted by atomic mass is 79.9. The molecule has 0 fully saturated rings. The molecule has 0 heterocycles. The van der Waals surface area contributed by atoms with Crippen LogP contribution in [0.1, 0.15) is 6.92 Å². The summed E-state index contributed by atoms with van der Waals surface area (Å²) in [5.41, 5.74) is 0. The zero-order valence-corrected chi connectivity index (χ0v) is 13.4. The lowest BCUT2D eigenvalue weighted by molar-refractivity contribution is 0.171. The topological polar surface area (TPSA) is 57.6 Å². The molecule has 0 radical (unpaired) electrons. The Morgan fingerprint density at radius 2 is 2.00 bits per heavy atom. The number of sulfonamides is 1. The summed E-state index contributed by atoms with van der Waals surface area (Å²) in [6, 6.07) is 4.93. The Balaban J connectivity index is 3.17. The number of rotatable bonds is 4. The Morgan fingerprint density at radius 3 is 2.53 bits per heavy atom. The second-order valence-corrected chi connectivity index (χ2v) is 7.49. The van der Waals surface area contributed by atoms with Crippen molar-refractivity contribution in [3.63, 3.8) is 0 Å². The summed E-state index contributed by atoms with van der Waals surface area (Å²) in [4.78, 5) is 0.176. The van der Waals surface area contributed by atoms with Crippen molar-refractivity contribution in [1.82, 2.24) is 4.31 Å². The highest BCUT2D eigenvalue weighted by Gasteiger charge is 2.24. The molecular formula is C10H13Br2NO3S. The first kappa shape index (κ1) is 15.1. The summed E-state index contributed by atoms with van der Waals surface area (Å²) in [7, 11) is -2.15. The number of nitrogens with zero attached hydrogens (tertiary/aromatic N) is 1. The minimum Gasteiger partial charge on any atom is -0.392 e. The first-order valence-corrected chi connectivity index (χ1v) is 7.87. The predicted molar refractivity (Wildman–Crippen MR) is 73.3 cm³/mol. The Labute approximate surface area is 118 Å². The maximum atomic E-state index is 12.2. The SMILES string of the molecule is C[C@H](O)CN(C)S(=O)(=O)c1cc(Br)ccc1Br. The summed E-state index contributed by atoms with van der Waals surface area (Å²) >= 11 is 6.45. The van der Waals surface area contributed by atoms with Crippen molar-refractivity contribution in [2.75, 3.05) is 13.6 Å². The molecule has 1 atom stereocenters. The molecule has 0 spiro atoms. The predicted octanol–water partition coefficient (Wildman–Crippen LogP) is 2.21. The maximum Gasteiger partial charge on any atom is 0.244 e. The third-order valence-corrected chi connectivity index (χ3v) is 5.41. The maximum absolute atomic E-state index is 12.2. The van der Waals surface area contributed by atoms with Crippen LogP contribution in [0.5, 0.6) is 0 Å². The minimum atomic E-state index is -3.59. The van der Waals surface area contributed by atoms with Gasteiger partial charge in [0.1, 0.15) is 0 Å². The average Bonchev–Trinajstić information content (AvgIpc) is 2.20. The van der Waals surface area contributed by atoms with Gasteiger partial charge < -0.3 is 5.11 Å². The van der Waals surface area contributed by atoms with E-state index < -0.39 is 16.1 Å². The van der Waals surface area contributed by atoms with Gasteiger partial charge in [-0.25, -0.2) is 8.42 Å². The molecule has 1 rings (SSSR count). The van der Waals surface area contributed by atoms with E-state index in [-0.39, 0.29) is 11.4 Å². The zero-order valence-electron chi connectivity index (χ0n) is 9.39. The quantitative estimate of drug-likeness (QED) is 0.862. The zero-order chi connectivity index (χ0) is 13.2. The lowest BCUT2D eigenvalue weighted by Gasteiger charge is -2.19. The number of benzene rings is 1. The summed E-state index contributed by atoms with van der Waals surface area (Å²) in [6.07, 6.45) is -0.708. The van der Waals surface area contributed by atoms with Crippen LogP contribution in [0.2, 0.25) is 0 Å². The van der Waals surface area contributed by atoms with E-state index in [2.05, 4.69) is 31.9 Å². The fourth-order valence-electron chi connectivity index (χ4n) is 1.31. The van der Waals surface area contributed by atoms with Gasteiger partial charge in [0, 0.05) is 22.5 Å². The molecule has 0 unspecified atom stereocenters. The molecule has 0 saturated carbocycles. The van der Waals surface area contributed by atoms with Crippen molar-refractivity contribution in [2.24, 2.45) is 0 Å². The number of aliphatic hydroxyl groups is 1. The lowest BCUT2D eigenvalue weighted by Crippen LogP contribution is -2.33. The fraction of sp³-hybridized carbons (Fsp3) is 0.400. The smallest absolute Gasteiger partial charge is 0.244 e. The van der Waals surface area contributed by atoms with Gasteiger partial charge in [0.25, 0.3) is 0 Å². The number of likely N-dealkylation sites (N-methyl/N-ethyl adjacent to an activating group) is 1. The van der Waals surface area contributed by atoms with Crippen LogP contribution in [0.3, 0.4) is 0 Å². The van der Waals surface area contributed by atoms with E-state index in [0.717, 1.165) is 4.31 Å². The van der Waals surface area contributed by atoms with Crippen LogP contribution in [-0.2, 0) is 10.0 Å². The molecule has 7 heteroatoms. The number of hydrogen-bond donors (Lipinski definition) is 1. The Hall–Kier alpha value is 0.0500. The molecule has 0 aliphatic rings. The third-order valence-electron chi connectivity index (χ3n) is 2.10. The van der Waals surface area contributed by atoms with E-state index in [1.807, 2.05) is 0 Å². The van der Waals surface area contributed by atoms with Gasteiger partial charge in [-0.05, 0) is 41.1 Å². The van der Waals surface area contributed by atoms with Gasteiger partial charge in [-0.2, -0.15) is 4.31 Å². The van der Waals surface area contributed by atoms with Gasteiger partial charge >= 0.3 is 0 Å². The molecule has 0 bridgehead atoms.